The Balaban J connectivity index is 1.67. The lowest BCUT2D eigenvalue weighted by Crippen LogP contribution is -2.37. The molecule has 2 aliphatic rings. The molecule has 5 rings (SSSR count). The number of nitrogens with zero attached hydrogens (tertiary/aromatic N) is 1. The SMILES string of the molecule is COc1cc(C)cc(N2C(=O)[C@@](C)(c3ccc4c(c3)CCC(C)(C)O4)c3cc(Cl)ccc32)c1. The van der Waals surface area contributed by atoms with Crippen molar-refractivity contribution in [1.29, 1.82) is 0 Å². The van der Waals surface area contributed by atoms with Crippen LogP contribution in [0.3, 0.4) is 0 Å². The molecule has 170 valence electrons. The lowest BCUT2D eigenvalue weighted by molar-refractivity contribution is -0.120. The van der Waals surface area contributed by atoms with Gasteiger partial charge in [0, 0.05) is 11.1 Å². The molecular weight excluding hydrogens is 434 g/mol. The van der Waals surface area contributed by atoms with E-state index in [4.69, 9.17) is 21.1 Å². The second kappa shape index (κ2) is 7.53. The largest absolute Gasteiger partial charge is 0.497 e. The third kappa shape index (κ3) is 3.48. The fraction of sp³-hybridized carbons (Fsp3) is 0.321. The predicted molar refractivity (Wildman–Crippen MR) is 132 cm³/mol. The van der Waals surface area contributed by atoms with Crippen molar-refractivity contribution in [2.75, 3.05) is 12.0 Å². The lowest BCUT2D eigenvalue weighted by Gasteiger charge is -2.34. The Morgan fingerprint density at radius 1 is 1.03 bits per heavy atom. The van der Waals surface area contributed by atoms with Crippen molar-refractivity contribution in [2.24, 2.45) is 0 Å². The Bertz CT molecular complexity index is 1280. The molecule has 4 nitrogen and oxygen atoms in total. The number of hydrogen-bond acceptors (Lipinski definition) is 3. The molecule has 2 heterocycles. The summed E-state index contributed by atoms with van der Waals surface area (Å²) in [4.78, 5) is 16.0. The number of hydrogen-bond donors (Lipinski definition) is 0. The van der Waals surface area contributed by atoms with Crippen molar-refractivity contribution in [3.63, 3.8) is 0 Å². The van der Waals surface area contributed by atoms with Gasteiger partial charge in [0.15, 0.2) is 0 Å². The van der Waals surface area contributed by atoms with Gasteiger partial charge in [-0.1, -0.05) is 23.7 Å². The minimum atomic E-state index is -0.876. The normalized spacial score (nSPS) is 20.8. The van der Waals surface area contributed by atoms with E-state index in [0.29, 0.717) is 5.02 Å². The van der Waals surface area contributed by atoms with Gasteiger partial charge in [-0.2, -0.15) is 0 Å². The second-order valence-corrected chi connectivity index (χ2v) is 10.3. The molecule has 0 fully saturated rings. The molecule has 0 unspecified atom stereocenters. The first kappa shape index (κ1) is 21.8. The van der Waals surface area contributed by atoms with Crippen LogP contribution in [0.5, 0.6) is 11.5 Å². The third-order valence-electron chi connectivity index (χ3n) is 6.92. The summed E-state index contributed by atoms with van der Waals surface area (Å²) in [5.41, 5.74) is 4.58. The predicted octanol–water partition coefficient (Wildman–Crippen LogP) is 6.74. The highest BCUT2D eigenvalue weighted by molar-refractivity contribution is 6.31. The first-order valence-electron chi connectivity index (χ1n) is 11.2. The number of halogens is 1. The van der Waals surface area contributed by atoms with E-state index in [0.717, 1.165) is 58.0 Å². The molecule has 0 aromatic heterocycles. The monoisotopic (exact) mass is 461 g/mol. The fourth-order valence-corrected chi connectivity index (χ4v) is 5.20. The highest BCUT2D eigenvalue weighted by atomic mass is 35.5. The zero-order valence-electron chi connectivity index (χ0n) is 19.7. The van der Waals surface area contributed by atoms with E-state index < -0.39 is 5.41 Å². The van der Waals surface area contributed by atoms with Gasteiger partial charge in [0.2, 0.25) is 5.91 Å². The van der Waals surface area contributed by atoms with Gasteiger partial charge < -0.3 is 9.47 Å². The number of aryl methyl sites for hydroxylation is 2. The van der Waals surface area contributed by atoms with E-state index >= 15 is 0 Å². The van der Waals surface area contributed by atoms with Gasteiger partial charge in [-0.25, -0.2) is 0 Å². The molecule has 3 aromatic carbocycles. The molecule has 0 radical (unpaired) electrons. The average Bonchev–Trinajstić information content (AvgIpc) is 2.99. The highest BCUT2D eigenvalue weighted by Crippen LogP contribution is 2.51. The Labute approximate surface area is 200 Å². The standard InChI is InChI=1S/C28H28ClNO3/c1-17-12-21(16-22(13-17)32-5)30-24-8-7-20(29)15-23(24)28(4,26(30)31)19-6-9-25-18(14-19)10-11-27(2,3)33-25/h6-9,12-16H,10-11H2,1-5H3/t28-/m0/s1. The summed E-state index contributed by atoms with van der Waals surface area (Å²) in [6, 6.07) is 17.7. The Hall–Kier alpha value is -2.98. The van der Waals surface area contributed by atoms with Crippen LogP contribution in [0.15, 0.2) is 54.6 Å². The number of benzene rings is 3. The molecular formula is C28H28ClNO3. The molecule has 2 aliphatic heterocycles. The van der Waals surface area contributed by atoms with Crippen LogP contribution in [0.2, 0.25) is 5.02 Å². The minimum absolute atomic E-state index is 0.00979. The number of amides is 1. The van der Waals surface area contributed by atoms with E-state index in [-0.39, 0.29) is 11.5 Å². The maximum atomic E-state index is 14.2. The first-order valence-corrected chi connectivity index (χ1v) is 11.6. The summed E-state index contributed by atoms with van der Waals surface area (Å²) < 4.78 is 11.7. The van der Waals surface area contributed by atoms with E-state index in [2.05, 4.69) is 19.9 Å². The van der Waals surface area contributed by atoms with Crippen LogP contribution in [-0.4, -0.2) is 18.6 Å². The molecule has 0 saturated carbocycles. The van der Waals surface area contributed by atoms with Gasteiger partial charge in [-0.15, -0.1) is 0 Å². The quantitative estimate of drug-likeness (QED) is 0.433. The van der Waals surface area contributed by atoms with Crippen LogP contribution in [0.25, 0.3) is 0 Å². The van der Waals surface area contributed by atoms with E-state index in [1.807, 2.05) is 62.4 Å². The smallest absolute Gasteiger partial charge is 0.246 e. The number of ether oxygens (including phenoxy) is 2. The number of carbonyl (C=O) groups excluding carboxylic acids is 1. The van der Waals surface area contributed by atoms with Gasteiger partial charge in [0.05, 0.1) is 23.9 Å². The van der Waals surface area contributed by atoms with Crippen molar-refractivity contribution < 1.29 is 14.3 Å². The summed E-state index contributed by atoms with van der Waals surface area (Å²) in [7, 11) is 1.64. The number of fused-ring (bicyclic) bond motifs is 2. The topological polar surface area (TPSA) is 38.8 Å². The number of methoxy groups -OCH3 is 1. The maximum Gasteiger partial charge on any atom is 0.246 e. The van der Waals surface area contributed by atoms with Crippen LogP contribution in [0, 0.1) is 6.92 Å². The van der Waals surface area contributed by atoms with Gasteiger partial charge in [-0.3, -0.25) is 9.69 Å². The van der Waals surface area contributed by atoms with Gasteiger partial charge >= 0.3 is 0 Å². The van der Waals surface area contributed by atoms with Gasteiger partial charge in [-0.05, 0) is 99.2 Å². The minimum Gasteiger partial charge on any atom is -0.497 e. The third-order valence-corrected chi connectivity index (χ3v) is 7.15. The van der Waals surface area contributed by atoms with Crippen LogP contribution >= 0.6 is 11.6 Å². The molecule has 0 bridgehead atoms. The Morgan fingerprint density at radius 2 is 1.82 bits per heavy atom. The summed E-state index contributed by atoms with van der Waals surface area (Å²) in [5.74, 6) is 1.61. The number of anilines is 2. The Kier molecular flexibility index (Phi) is 4.98. The highest BCUT2D eigenvalue weighted by Gasteiger charge is 2.49. The van der Waals surface area contributed by atoms with Gasteiger partial charge in [0.25, 0.3) is 0 Å². The van der Waals surface area contributed by atoms with E-state index in [9.17, 15) is 4.79 Å². The average molecular weight is 462 g/mol. The summed E-state index contributed by atoms with van der Waals surface area (Å²) in [5, 5.41) is 0.611. The Morgan fingerprint density at radius 3 is 2.58 bits per heavy atom. The molecule has 0 spiro atoms. The van der Waals surface area contributed by atoms with Crippen LogP contribution in [0.1, 0.15) is 49.4 Å². The molecule has 33 heavy (non-hydrogen) atoms. The van der Waals surface area contributed by atoms with Crippen molar-refractivity contribution in [3.05, 3.63) is 81.9 Å². The maximum absolute atomic E-state index is 14.2. The van der Waals surface area contributed by atoms with Crippen molar-refractivity contribution in [3.8, 4) is 11.5 Å². The lowest BCUT2D eigenvalue weighted by atomic mass is 9.76. The van der Waals surface area contributed by atoms with E-state index in [1.54, 1.807) is 12.0 Å². The molecule has 3 aromatic rings. The van der Waals surface area contributed by atoms with Crippen LogP contribution < -0.4 is 14.4 Å². The van der Waals surface area contributed by atoms with Crippen molar-refractivity contribution >= 4 is 28.9 Å². The summed E-state index contributed by atoms with van der Waals surface area (Å²) >= 11 is 6.43. The van der Waals surface area contributed by atoms with Gasteiger partial charge in [0.1, 0.15) is 17.1 Å². The van der Waals surface area contributed by atoms with E-state index in [1.165, 1.54) is 0 Å². The molecule has 1 amide bonds. The van der Waals surface area contributed by atoms with Crippen molar-refractivity contribution in [1.82, 2.24) is 0 Å². The summed E-state index contributed by atoms with van der Waals surface area (Å²) in [6.45, 7) is 8.21. The number of rotatable bonds is 3. The zero-order chi connectivity index (χ0) is 23.5. The molecule has 0 aliphatic carbocycles. The molecule has 5 heteroatoms. The first-order chi connectivity index (χ1) is 15.6. The second-order valence-electron chi connectivity index (χ2n) is 9.82. The van der Waals surface area contributed by atoms with Crippen LogP contribution in [0.4, 0.5) is 11.4 Å². The fourth-order valence-electron chi connectivity index (χ4n) is 5.03. The molecule has 1 atom stereocenters. The molecule has 0 saturated heterocycles. The number of carbonyl (C=O) groups is 1. The molecule has 0 N–H and O–H groups in total. The zero-order valence-corrected chi connectivity index (χ0v) is 20.4. The van der Waals surface area contributed by atoms with Crippen molar-refractivity contribution in [2.45, 2.75) is 51.6 Å². The summed E-state index contributed by atoms with van der Waals surface area (Å²) in [6.07, 6.45) is 1.85. The van der Waals surface area contributed by atoms with Crippen LogP contribution in [-0.2, 0) is 16.6 Å².